The van der Waals surface area contributed by atoms with Gasteiger partial charge >= 0.3 is 6.18 Å². The Morgan fingerprint density at radius 1 is 1.30 bits per heavy atom. The van der Waals surface area contributed by atoms with E-state index in [9.17, 15) is 13.2 Å². The molecule has 0 spiro atoms. The SMILES string of the molecule is C=C(COc1ccc(CO)cc1)N1CCC(S/C(=C/N=C\CC)CC(F)(F)F)CC1. The zero-order chi connectivity index (χ0) is 22.0. The average Bonchev–Trinajstić information content (AvgIpc) is 2.72. The topological polar surface area (TPSA) is 45.1 Å². The van der Waals surface area contributed by atoms with E-state index in [1.54, 1.807) is 30.5 Å². The smallest absolute Gasteiger partial charge is 0.393 e. The Labute approximate surface area is 180 Å². The lowest BCUT2D eigenvalue weighted by molar-refractivity contribution is -0.125. The molecule has 1 aromatic carbocycles. The molecule has 166 valence electrons. The molecule has 8 heteroatoms. The van der Waals surface area contributed by atoms with Crippen LogP contribution in [0.4, 0.5) is 13.2 Å². The van der Waals surface area contributed by atoms with Gasteiger partial charge in [0.15, 0.2) is 0 Å². The Morgan fingerprint density at radius 2 is 1.97 bits per heavy atom. The van der Waals surface area contributed by atoms with Crippen LogP contribution in [0.1, 0.15) is 38.2 Å². The number of hydrogen-bond acceptors (Lipinski definition) is 5. The zero-order valence-electron chi connectivity index (χ0n) is 17.2. The Morgan fingerprint density at radius 3 is 2.53 bits per heavy atom. The van der Waals surface area contributed by atoms with Gasteiger partial charge in [0.1, 0.15) is 12.4 Å². The average molecular weight is 443 g/mol. The molecule has 1 aliphatic rings. The Bertz CT molecular complexity index is 725. The molecule has 4 nitrogen and oxygen atoms in total. The molecule has 1 aliphatic heterocycles. The first kappa shape index (κ1) is 24.3. The van der Waals surface area contributed by atoms with Crippen LogP contribution in [0.5, 0.6) is 5.75 Å². The second-order valence-electron chi connectivity index (χ2n) is 7.09. The standard InChI is InChI=1S/C22H29F3N2O2S/c1-3-10-26-14-21(13-22(23,24)25)30-20-8-11-27(12-9-20)17(2)16-29-19-6-4-18(15-28)5-7-19/h4-7,10,14,20,28H,2-3,8-9,11-13,15-16H2,1H3/b21-14+,26-10-. The van der Waals surface area contributed by atoms with Crippen molar-refractivity contribution in [2.24, 2.45) is 4.99 Å². The van der Waals surface area contributed by atoms with Crippen molar-refractivity contribution in [1.82, 2.24) is 4.90 Å². The molecule has 0 bridgehead atoms. The van der Waals surface area contributed by atoms with Gasteiger partial charge in [-0.1, -0.05) is 25.6 Å². The van der Waals surface area contributed by atoms with Crippen molar-refractivity contribution in [2.45, 2.75) is 50.6 Å². The highest BCUT2D eigenvalue weighted by atomic mass is 32.2. The molecular formula is C22H29F3N2O2S. The minimum atomic E-state index is -4.23. The summed E-state index contributed by atoms with van der Waals surface area (Å²) in [6.07, 6.45) is 0.0400. The number of piperidine rings is 1. The van der Waals surface area contributed by atoms with Crippen LogP contribution in [0.25, 0.3) is 0 Å². The van der Waals surface area contributed by atoms with E-state index < -0.39 is 12.6 Å². The van der Waals surface area contributed by atoms with Crippen LogP contribution in [0, 0.1) is 0 Å². The minimum absolute atomic E-state index is 0.00916. The molecule has 1 aromatic rings. The quantitative estimate of drug-likeness (QED) is 0.483. The highest BCUT2D eigenvalue weighted by Gasteiger charge is 2.31. The van der Waals surface area contributed by atoms with Gasteiger partial charge < -0.3 is 14.7 Å². The second-order valence-corrected chi connectivity index (χ2v) is 8.52. The largest absolute Gasteiger partial charge is 0.487 e. The second kappa shape index (κ2) is 12.1. The molecule has 0 unspecified atom stereocenters. The van der Waals surface area contributed by atoms with Crippen molar-refractivity contribution < 1.29 is 23.0 Å². The predicted octanol–water partition coefficient (Wildman–Crippen LogP) is 5.54. The Balaban J connectivity index is 1.81. The van der Waals surface area contributed by atoms with Crippen LogP contribution in [0.15, 0.2) is 52.6 Å². The molecule has 0 aromatic heterocycles. The number of nitrogens with zero attached hydrogens (tertiary/aromatic N) is 2. The van der Waals surface area contributed by atoms with Gasteiger partial charge in [0, 0.05) is 41.4 Å². The number of thioether (sulfide) groups is 1. The molecule has 1 heterocycles. The van der Waals surface area contributed by atoms with Gasteiger partial charge in [-0.25, -0.2) is 0 Å². The van der Waals surface area contributed by atoms with Gasteiger partial charge in [-0.15, -0.1) is 11.8 Å². The molecule has 1 saturated heterocycles. The van der Waals surface area contributed by atoms with E-state index in [1.807, 2.05) is 6.92 Å². The van der Waals surface area contributed by atoms with Crippen LogP contribution < -0.4 is 4.74 Å². The summed E-state index contributed by atoms with van der Waals surface area (Å²) in [5, 5.41) is 9.20. The van der Waals surface area contributed by atoms with Gasteiger partial charge in [0.25, 0.3) is 0 Å². The summed E-state index contributed by atoms with van der Waals surface area (Å²) < 4.78 is 44.3. The lowest BCUT2D eigenvalue weighted by atomic mass is 10.1. The molecule has 1 N–H and O–H groups in total. The summed E-state index contributed by atoms with van der Waals surface area (Å²) >= 11 is 1.29. The van der Waals surface area contributed by atoms with E-state index in [4.69, 9.17) is 9.84 Å². The van der Waals surface area contributed by atoms with E-state index in [0.29, 0.717) is 18.8 Å². The molecule has 0 radical (unpaired) electrons. The molecule has 0 aliphatic carbocycles. The number of allylic oxidation sites excluding steroid dienone is 1. The van der Waals surface area contributed by atoms with E-state index in [-0.39, 0.29) is 16.8 Å². The molecule has 30 heavy (non-hydrogen) atoms. The molecule has 2 rings (SSSR count). The number of benzene rings is 1. The van der Waals surface area contributed by atoms with Gasteiger partial charge in [-0.2, -0.15) is 13.2 Å². The molecule has 0 atom stereocenters. The minimum Gasteiger partial charge on any atom is -0.487 e. The monoisotopic (exact) mass is 442 g/mol. The number of aliphatic imine (C=N–C) groups is 1. The van der Waals surface area contributed by atoms with Crippen LogP contribution in [-0.4, -0.2) is 47.3 Å². The highest BCUT2D eigenvalue weighted by Crippen LogP contribution is 2.37. The van der Waals surface area contributed by atoms with Gasteiger partial charge in [-0.3, -0.25) is 4.99 Å². The summed E-state index contributed by atoms with van der Waals surface area (Å²) in [7, 11) is 0. The number of likely N-dealkylation sites (tertiary alicyclic amines) is 1. The maximum absolute atomic E-state index is 12.9. The number of ether oxygens (including phenoxy) is 1. The number of aliphatic hydroxyl groups excluding tert-OH is 1. The van der Waals surface area contributed by atoms with Crippen molar-refractivity contribution in [3.8, 4) is 5.75 Å². The maximum atomic E-state index is 12.9. The van der Waals surface area contributed by atoms with E-state index in [1.165, 1.54) is 18.0 Å². The first-order valence-electron chi connectivity index (χ1n) is 10.00. The van der Waals surface area contributed by atoms with Crippen molar-refractivity contribution in [3.63, 3.8) is 0 Å². The lowest BCUT2D eigenvalue weighted by Crippen LogP contribution is -2.35. The fraction of sp³-hybridized carbons (Fsp3) is 0.500. The molecule has 0 amide bonds. The van der Waals surface area contributed by atoms with E-state index in [2.05, 4.69) is 16.5 Å². The van der Waals surface area contributed by atoms with Crippen molar-refractivity contribution >= 4 is 18.0 Å². The summed E-state index contributed by atoms with van der Waals surface area (Å²) in [5.74, 6) is 0.702. The first-order valence-corrected chi connectivity index (χ1v) is 10.9. The zero-order valence-corrected chi connectivity index (χ0v) is 18.0. The van der Waals surface area contributed by atoms with E-state index in [0.717, 1.165) is 37.2 Å². The first-order chi connectivity index (χ1) is 14.3. The number of halogens is 3. The number of hydrogen-bond donors (Lipinski definition) is 1. The fourth-order valence-electron chi connectivity index (χ4n) is 3.01. The van der Waals surface area contributed by atoms with Crippen molar-refractivity contribution in [3.05, 3.63) is 53.2 Å². The van der Waals surface area contributed by atoms with Gasteiger partial charge in [0.2, 0.25) is 0 Å². The van der Waals surface area contributed by atoms with Crippen LogP contribution >= 0.6 is 11.8 Å². The van der Waals surface area contributed by atoms with Crippen molar-refractivity contribution in [2.75, 3.05) is 19.7 Å². The third-order valence-electron chi connectivity index (χ3n) is 4.60. The Hall–Kier alpha value is -1.93. The van der Waals surface area contributed by atoms with Crippen LogP contribution in [-0.2, 0) is 6.61 Å². The fourth-order valence-corrected chi connectivity index (χ4v) is 4.25. The summed E-state index contributed by atoms with van der Waals surface area (Å²) in [6.45, 7) is 7.79. The third-order valence-corrected chi connectivity index (χ3v) is 5.96. The van der Waals surface area contributed by atoms with Gasteiger partial charge in [0.05, 0.1) is 13.0 Å². The normalized spacial score (nSPS) is 16.3. The maximum Gasteiger partial charge on any atom is 0.393 e. The highest BCUT2D eigenvalue weighted by molar-refractivity contribution is 8.03. The summed E-state index contributed by atoms with van der Waals surface area (Å²) in [5.41, 5.74) is 1.67. The molecule has 1 fully saturated rings. The molecular weight excluding hydrogens is 413 g/mol. The third kappa shape index (κ3) is 8.83. The number of aliphatic hydroxyl groups is 1. The molecule has 0 saturated carbocycles. The summed E-state index contributed by atoms with van der Waals surface area (Å²) in [6, 6.07) is 7.21. The number of rotatable bonds is 10. The van der Waals surface area contributed by atoms with Crippen molar-refractivity contribution in [1.29, 1.82) is 0 Å². The van der Waals surface area contributed by atoms with Gasteiger partial charge in [-0.05, 0) is 37.0 Å². The van der Waals surface area contributed by atoms with Crippen LogP contribution in [0.3, 0.4) is 0 Å². The van der Waals surface area contributed by atoms with E-state index >= 15 is 0 Å². The predicted molar refractivity (Wildman–Crippen MR) is 117 cm³/mol. The lowest BCUT2D eigenvalue weighted by Gasteiger charge is -2.34. The Kier molecular flexibility index (Phi) is 9.78. The number of alkyl halides is 3. The summed E-state index contributed by atoms with van der Waals surface area (Å²) in [4.78, 5) is 6.37. The van der Waals surface area contributed by atoms with Crippen LogP contribution in [0.2, 0.25) is 0 Å².